The van der Waals surface area contributed by atoms with E-state index >= 15 is 0 Å². The van der Waals surface area contributed by atoms with Crippen molar-refractivity contribution in [3.05, 3.63) is 27.2 Å². The Bertz CT molecular complexity index is 356. The van der Waals surface area contributed by atoms with Crippen LogP contribution >= 0.6 is 27.5 Å². The average molecular weight is 277 g/mol. The molecule has 1 N–H and O–H groups in total. The molecule has 76 valence electrons. The molecule has 1 aromatic carbocycles. The molecule has 1 aliphatic rings. The molecule has 1 heterocycles. The Morgan fingerprint density at radius 1 is 1.57 bits per heavy atom. The zero-order valence-electron chi connectivity index (χ0n) is 7.81. The first-order valence-electron chi connectivity index (χ1n) is 4.52. The van der Waals surface area contributed by atoms with E-state index in [0.717, 1.165) is 33.8 Å². The molecule has 2 rings (SSSR count). The van der Waals surface area contributed by atoms with Crippen molar-refractivity contribution in [1.82, 2.24) is 5.32 Å². The second-order valence-corrected chi connectivity index (χ2v) is 4.45. The van der Waals surface area contributed by atoms with Gasteiger partial charge in [-0.2, -0.15) is 0 Å². The van der Waals surface area contributed by atoms with Crippen molar-refractivity contribution in [1.29, 1.82) is 0 Å². The molecule has 0 saturated heterocycles. The van der Waals surface area contributed by atoms with Gasteiger partial charge in [-0.3, -0.25) is 0 Å². The summed E-state index contributed by atoms with van der Waals surface area (Å²) in [6, 6.07) is 4.10. The lowest BCUT2D eigenvalue weighted by Crippen LogP contribution is -2.24. The topological polar surface area (TPSA) is 21.3 Å². The number of hydrogen-bond acceptors (Lipinski definition) is 2. The maximum Gasteiger partial charge on any atom is 0.125 e. The van der Waals surface area contributed by atoms with Gasteiger partial charge in [0.25, 0.3) is 0 Å². The Labute approximate surface area is 96.7 Å². The van der Waals surface area contributed by atoms with E-state index in [-0.39, 0.29) is 0 Å². The second kappa shape index (κ2) is 4.09. The van der Waals surface area contributed by atoms with E-state index in [4.69, 9.17) is 16.3 Å². The quantitative estimate of drug-likeness (QED) is 0.851. The first-order chi connectivity index (χ1) is 6.74. The minimum Gasteiger partial charge on any atom is -0.493 e. The molecule has 0 radical (unpaired) electrons. The maximum atomic E-state index is 6.04. The molecule has 2 nitrogen and oxygen atoms in total. The van der Waals surface area contributed by atoms with Crippen LogP contribution in [0.1, 0.15) is 18.0 Å². The molecule has 0 saturated carbocycles. The fourth-order valence-corrected chi connectivity index (χ4v) is 2.49. The zero-order valence-corrected chi connectivity index (χ0v) is 10.2. The summed E-state index contributed by atoms with van der Waals surface area (Å²) in [5.41, 5.74) is 1.13. The van der Waals surface area contributed by atoms with Gasteiger partial charge in [-0.15, -0.1) is 0 Å². The lowest BCUT2D eigenvalue weighted by molar-refractivity contribution is 0.257. The lowest BCUT2D eigenvalue weighted by atomic mass is 10.0. The summed E-state index contributed by atoms with van der Waals surface area (Å²) in [6.07, 6.45) is 0.975. The van der Waals surface area contributed by atoms with Crippen molar-refractivity contribution in [2.24, 2.45) is 0 Å². The van der Waals surface area contributed by atoms with Gasteiger partial charge in [-0.1, -0.05) is 11.6 Å². The van der Waals surface area contributed by atoms with E-state index in [2.05, 4.69) is 21.2 Å². The third-order valence-corrected chi connectivity index (χ3v) is 3.85. The smallest absolute Gasteiger partial charge is 0.125 e. The lowest BCUT2D eigenvalue weighted by Gasteiger charge is -2.26. The van der Waals surface area contributed by atoms with Crippen molar-refractivity contribution < 1.29 is 4.74 Å². The van der Waals surface area contributed by atoms with Crippen molar-refractivity contribution in [2.75, 3.05) is 13.7 Å². The molecule has 0 fully saturated rings. The fraction of sp³-hybridized carbons (Fsp3) is 0.400. The summed E-state index contributed by atoms with van der Waals surface area (Å²) in [5.74, 6) is 0.923. The molecular weight excluding hydrogens is 265 g/mol. The SMILES string of the molecule is CNC1CCOc2ccc(Cl)c(Br)c21. The van der Waals surface area contributed by atoms with Crippen LogP contribution in [0.3, 0.4) is 0 Å². The van der Waals surface area contributed by atoms with Crippen LogP contribution in [0.2, 0.25) is 5.02 Å². The van der Waals surface area contributed by atoms with Crippen molar-refractivity contribution in [2.45, 2.75) is 12.5 Å². The maximum absolute atomic E-state index is 6.04. The Balaban J connectivity index is 2.53. The Morgan fingerprint density at radius 2 is 2.36 bits per heavy atom. The molecule has 4 heteroatoms. The highest BCUT2D eigenvalue weighted by molar-refractivity contribution is 9.10. The molecule has 0 amide bonds. The van der Waals surface area contributed by atoms with Crippen LogP contribution in [0.5, 0.6) is 5.75 Å². The van der Waals surface area contributed by atoms with Gasteiger partial charge in [0.05, 0.1) is 11.6 Å². The molecule has 14 heavy (non-hydrogen) atoms. The monoisotopic (exact) mass is 275 g/mol. The molecule has 0 aliphatic carbocycles. The van der Waals surface area contributed by atoms with Crippen LogP contribution in [-0.4, -0.2) is 13.7 Å². The van der Waals surface area contributed by atoms with Crippen molar-refractivity contribution in [3.8, 4) is 5.75 Å². The number of fused-ring (bicyclic) bond motifs is 1. The van der Waals surface area contributed by atoms with E-state index < -0.39 is 0 Å². The van der Waals surface area contributed by atoms with E-state index in [9.17, 15) is 0 Å². The third kappa shape index (κ3) is 1.64. The Hall–Kier alpha value is -0.250. The molecule has 1 aromatic rings. The van der Waals surface area contributed by atoms with E-state index in [1.54, 1.807) is 0 Å². The van der Waals surface area contributed by atoms with Crippen molar-refractivity contribution >= 4 is 27.5 Å². The average Bonchev–Trinajstić information content (AvgIpc) is 2.23. The van der Waals surface area contributed by atoms with Gasteiger partial charge in [-0.25, -0.2) is 0 Å². The highest BCUT2D eigenvalue weighted by Gasteiger charge is 2.23. The number of hydrogen-bond donors (Lipinski definition) is 1. The van der Waals surface area contributed by atoms with E-state index in [1.807, 2.05) is 19.2 Å². The number of ether oxygens (including phenoxy) is 1. The van der Waals surface area contributed by atoms with Gasteiger partial charge < -0.3 is 10.1 Å². The first-order valence-corrected chi connectivity index (χ1v) is 5.69. The first kappa shape index (κ1) is 10.3. The summed E-state index contributed by atoms with van der Waals surface area (Å²) in [6.45, 7) is 0.757. The predicted octanol–water partition coefficient (Wildman–Crippen LogP) is 3.15. The predicted molar refractivity (Wildman–Crippen MR) is 61.1 cm³/mol. The van der Waals surface area contributed by atoms with Gasteiger partial charge in [0.2, 0.25) is 0 Å². The Kier molecular flexibility index (Phi) is 3.00. The Morgan fingerprint density at radius 3 is 3.07 bits per heavy atom. The van der Waals surface area contributed by atoms with Gasteiger partial charge in [0.1, 0.15) is 5.75 Å². The highest BCUT2D eigenvalue weighted by Crippen LogP contribution is 2.40. The largest absolute Gasteiger partial charge is 0.493 e. The number of nitrogens with one attached hydrogen (secondary N) is 1. The van der Waals surface area contributed by atoms with Crippen LogP contribution in [-0.2, 0) is 0 Å². The van der Waals surface area contributed by atoms with Gasteiger partial charge >= 0.3 is 0 Å². The van der Waals surface area contributed by atoms with Crippen LogP contribution in [0.15, 0.2) is 16.6 Å². The summed E-state index contributed by atoms with van der Waals surface area (Å²) < 4.78 is 6.50. The number of halogens is 2. The number of benzene rings is 1. The third-order valence-electron chi connectivity index (χ3n) is 2.45. The zero-order chi connectivity index (χ0) is 10.1. The molecule has 0 spiro atoms. The highest BCUT2D eigenvalue weighted by atomic mass is 79.9. The number of rotatable bonds is 1. The summed E-state index contributed by atoms with van der Waals surface area (Å²) in [4.78, 5) is 0. The standard InChI is InChI=1S/C10H11BrClNO/c1-13-7-4-5-14-8-3-2-6(12)10(11)9(7)8/h2-3,7,13H,4-5H2,1H3. The second-order valence-electron chi connectivity index (χ2n) is 3.25. The minimum atomic E-state index is 0.326. The van der Waals surface area contributed by atoms with Crippen molar-refractivity contribution in [3.63, 3.8) is 0 Å². The van der Waals surface area contributed by atoms with Crippen LogP contribution in [0.25, 0.3) is 0 Å². The molecule has 1 atom stereocenters. The van der Waals surface area contributed by atoms with Crippen LogP contribution in [0, 0.1) is 0 Å². The van der Waals surface area contributed by atoms with Gasteiger partial charge in [0.15, 0.2) is 0 Å². The summed E-state index contributed by atoms with van der Waals surface area (Å²) in [7, 11) is 1.95. The summed E-state index contributed by atoms with van der Waals surface area (Å²) >= 11 is 9.53. The minimum absolute atomic E-state index is 0.326. The molecule has 0 bridgehead atoms. The van der Waals surface area contributed by atoms with Crippen LogP contribution in [0.4, 0.5) is 0 Å². The van der Waals surface area contributed by atoms with Crippen LogP contribution < -0.4 is 10.1 Å². The summed E-state index contributed by atoms with van der Waals surface area (Å²) in [5, 5.41) is 3.99. The molecule has 0 aromatic heterocycles. The molecule has 1 unspecified atom stereocenters. The van der Waals surface area contributed by atoms with E-state index in [0.29, 0.717) is 6.04 Å². The normalized spacial score (nSPS) is 20.1. The fourth-order valence-electron chi connectivity index (χ4n) is 1.72. The molecule has 1 aliphatic heterocycles. The van der Waals surface area contributed by atoms with Gasteiger partial charge in [-0.05, 0) is 35.1 Å². The van der Waals surface area contributed by atoms with Gasteiger partial charge in [0, 0.05) is 22.5 Å². The molecular formula is C10H11BrClNO. The van der Waals surface area contributed by atoms with E-state index in [1.165, 1.54) is 0 Å².